The molecule has 0 amide bonds. The van der Waals surface area contributed by atoms with E-state index < -0.39 is 0 Å². The number of hydrogen-bond donors (Lipinski definition) is 1. The van der Waals surface area contributed by atoms with E-state index in [0.717, 1.165) is 11.1 Å². The molecule has 2 unspecified atom stereocenters. The molecule has 0 saturated carbocycles. The molecule has 1 heteroatoms. The molecule has 0 aliphatic carbocycles. The van der Waals surface area contributed by atoms with E-state index >= 15 is 0 Å². The molecule has 0 fully saturated rings. The largest absolute Gasteiger partial charge is 0.507 e. The van der Waals surface area contributed by atoms with E-state index in [1.54, 1.807) is 0 Å². The third-order valence-electron chi connectivity index (χ3n) is 3.04. The number of aromatic hydroxyl groups is 1. The van der Waals surface area contributed by atoms with Gasteiger partial charge in [0, 0.05) is 23.0 Å². The van der Waals surface area contributed by atoms with Crippen molar-refractivity contribution in [3.63, 3.8) is 0 Å². The number of phenols is 1. The molecule has 1 N–H and O–H groups in total. The van der Waals surface area contributed by atoms with Crippen LogP contribution >= 0.6 is 0 Å². The summed E-state index contributed by atoms with van der Waals surface area (Å²) in [5.41, 5.74) is 1.99. The van der Waals surface area contributed by atoms with Gasteiger partial charge in [0.2, 0.25) is 0 Å². The van der Waals surface area contributed by atoms with Gasteiger partial charge in [0.05, 0.1) is 0 Å². The highest BCUT2D eigenvalue weighted by Crippen LogP contribution is 2.34. The molecule has 1 nitrogen and oxygen atoms in total. The highest BCUT2D eigenvalue weighted by Gasteiger charge is 2.13. The van der Waals surface area contributed by atoms with Gasteiger partial charge in [-0.3, -0.25) is 0 Å². The standard InChI is InChI=1S/C16H22O/c1-5-8-12(3)14-10-7-11-15(16(14)17)13(4)9-6-2/h5-13,17H,1-4H3/b8-5+,9-6+. The lowest BCUT2D eigenvalue weighted by molar-refractivity contribution is 0.458. The van der Waals surface area contributed by atoms with E-state index in [-0.39, 0.29) is 11.8 Å². The maximum Gasteiger partial charge on any atom is 0.123 e. The third kappa shape index (κ3) is 3.23. The second-order valence-corrected chi connectivity index (χ2v) is 4.41. The van der Waals surface area contributed by atoms with Crippen LogP contribution < -0.4 is 0 Å². The van der Waals surface area contributed by atoms with Crippen molar-refractivity contribution in [1.82, 2.24) is 0 Å². The van der Waals surface area contributed by atoms with Gasteiger partial charge in [-0.05, 0) is 13.8 Å². The molecule has 0 aliphatic heterocycles. The predicted octanol–water partition coefficient (Wildman–Crippen LogP) is 4.75. The Morgan fingerprint density at radius 2 is 1.35 bits per heavy atom. The molecule has 0 aromatic heterocycles. The molecular weight excluding hydrogens is 208 g/mol. The average Bonchev–Trinajstić information content (AvgIpc) is 2.29. The highest BCUT2D eigenvalue weighted by atomic mass is 16.3. The van der Waals surface area contributed by atoms with Crippen LogP contribution in [0.1, 0.15) is 50.7 Å². The average molecular weight is 230 g/mol. The monoisotopic (exact) mass is 230 g/mol. The van der Waals surface area contributed by atoms with Crippen LogP contribution in [0.3, 0.4) is 0 Å². The number of para-hydroxylation sites is 1. The van der Waals surface area contributed by atoms with Crippen LogP contribution in [0.15, 0.2) is 42.5 Å². The van der Waals surface area contributed by atoms with Crippen LogP contribution in [0, 0.1) is 0 Å². The molecule has 0 aliphatic rings. The molecule has 92 valence electrons. The summed E-state index contributed by atoms with van der Waals surface area (Å²) in [5.74, 6) is 0.930. The number of hydrogen-bond acceptors (Lipinski definition) is 1. The van der Waals surface area contributed by atoms with Crippen molar-refractivity contribution in [1.29, 1.82) is 0 Å². The SMILES string of the molecule is C/C=C/C(C)c1cccc(C(C)/C=C/C)c1O. The minimum absolute atomic E-state index is 0.248. The van der Waals surface area contributed by atoms with Crippen LogP contribution in [0.25, 0.3) is 0 Å². The summed E-state index contributed by atoms with van der Waals surface area (Å²) in [4.78, 5) is 0. The number of benzene rings is 1. The number of allylic oxidation sites excluding steroid dienone is 4. The molecule has 1 rings (SSSR count). The number of phenolic OH excluding ortho intramolecular Hbond substituents is 1. The fourth-order valence-electron chi connectivity index (χ4n) is 2.10. The first-order valence-electron chi connectivity index (χ1n) is 6.19. The minimum atomic E-state index is 0.248. The van der Waals surface area contributed by atoms with Gasteiger partial charge in [-0.15, -0.1) is 0 Å². The van der Waals surface area contributed by atoms with Gasteiger partial charge in [-0.2, -0.15) is 0 Å². The highest BCUT2D eigenvalue weighted by molar-refractivity contribution is 5.46. The van der Waals surface area contributed by atoms with Crippen molar-refractivity contribution in [2.45, 2.75) is 39.5 Å². The van der Waals surface area contributed by atoms with Crippen molar-refractivity contribution in [3.8, 4) is 5.75 Å². The summed E-state index contributed by atoms with van der Waals surface area (Å²) >= 11 is 0. The molecule has 0 heterocycles. The Bertz CT molecular complexity index is 379. The number of rotatable bonds is 4. The summed E-state index contributed by atoms with van der Waals surface area (Å²) in [6.07, 6.45) is 8.23. The van der Waals surface area contributed by atoms with E-state index in [1.807, 2.05) is 44.2 Å². The normalized spacial score (nSPS) is 15.5. The van der Waals surface area contributed by atoms with Crippen molar-refractivity contribution in [3.05, 3.63) is 53.6 Å². The summed E-state index contributed by atoms with van der Waals surface area (Å²) < 4.78 is 0. The van der Waals surface area contributed by atoms with Gasteiger partial charge >= 0.3 is 0 Å². The van der Waals surface area contributed by atoms with Crippen LogP contribution in [0.2, 0.25) is 0 Å². The molecule has 0 saturated heterocycles. The molecule has 17 heavy (non-hydrogen) atoms. The Morgan fingerprint density at radius 1 is 0.941 bits per heavy atom. The maximum absolute atomic E-state index is 10.3. The molecule has 0 bridgehead atoms. The minimum Gasteiger partial charge on any atom is -0.507 e. The lowest BCUT2D eigenvalue weighted by Gasteiger charge is -2.15. The van der Waals surface area contributed by atoms with Crippen LogP contribution in [0.5, 0.6) is 5.75 Å². The topological polar surface area (TPSA) is 20.2 Å². The van der Waals surface area contributed by atoms with Crippen molar-refractivity contribution in [2.75, 3.05) is 0 Å². The molecule has 1 aromatic rings. The third-order valence-corrected chi connectivity index (χ3v) is 3.04. The van der Waals surface area contributed by atoms with Crippen molar-refractivity contribution in [2.24, 2.45) is 0 Å². The van der Waals surface area contributed by atoms with Gasteiger partial charge in [-0.25, -0.2) is 0 Å². The van der Waals surface area contributed by atoms with Crippen molar-refractivity contribution < 1.29 is 5.11 Å². The zero-order chi connectivity index (χ0) is 12.8. The van der Waals surface area contributed by atoms with E-state index in [0.29, 0.717) is 5.75 Å². The summed E-state index contributed by atoms with van der Waals surface area (Å²) in [6, 6.07) is 6.00. The lowest BCUT2D eigenvalue weighted by atomic mass is 9.92. The van der Waals surface area contributed by atoms with Gasteiger partial charge in [-0.1, -0.05) is 56.4 Å². The second-order valence-electron chi connectivity index (χ2n) is 4.41. The van der Waals surface area contributed by atoms with Gasteiger partial charge in [0.1, 0.15) is 5.75 Å². The first-order valence-corrected chi connectivity index (χ1v) is 6.19. The van der Waals surface area contributed by atoms with E-state index in [2.05, 4.69) is 26.0 Å². The predicted molar refractivity (Wildman–Crippen MR) is 74.6 cm³/mol. The zero-order valence-electron chi connectivity index (χ0n) is 11.1. The van der Waals surface area contributed by atoms with Crippen LogP contribution in [-0.4, -0.2) is 5.11 Å². The zero-order valence-corrected chi connectivity index (χ0v) is 11.1. The smallest absolute Gasteiger partial charge is 0.123 e. The van der Waals surface area contributed by atoms with Gasteiger partial charge in [0.15, 0.2) is 0 Å². The molecule has 0 radical (unpaired) electrons. The van der Waals surface area contributed by atoms with Gasteiger partial charge < -0.3 is 5.11 Å². The van der Waals surface area contributed by atoms with E-state index in [4.69, 9.17) is 0 Å². The molecule has 1 aromatic carbocycles. The van der Waals surface area contributed by atoms with Gasteiger partial charge in [0.25, 0.3) is 0 Å². The quantitative estimate of drug-likeness (QED) is 0.740. The second kappa shape index (κ2) is 6.29. The first kappa shape index (κ1) is 13.6. The Morgan fingerprint density at radius 3 is 1.71 bits per heavy atom. The Hall–Kier alpha value is -1.50. The summed E-state index contributed by atoms with van der Waals surface area (Å²) in [5, 5.41) is 10.3. The summed E-state index contributed by atoms with van der Waals surface area (Å²) in [7, 11) is 0. The fourth-order valence-corrected chi connectivity index (χ4v) is 2.10. The Kier molecular flexibility index (Phi) is 5.02. The molecule has 0 spiro atoms. The van der Waals surface area contributed by atoms with E-state index in [9.17, 15) is 5.11 Å². The first-order chi connectivity index (χ1) is 8.11. The Balaban J connectivity index is 3.15. The summed E-state index contributed by atoms with van der Waals surface area (Å²) in [6.45, 7) is 8.19. The lowest BCUT2D eigenvalue weighted by Crippen LogP contribution is -1.96. The molecule has 2 atom stereocenters. The Labute approximate surface area is 104 Å². The van der Waals surface area contributed by atoms with Crippen LogP contribution in [-0.2, 0) is 0 Å². The fraction of sp³-hybridized carbons (Fsp3) is 0.375. The van der Waals surface area contributed by atoms with E-state index in [1.165, 1.54) is 0 Å². The molecular formula is C16H22O. The maximum atomic E-state index is 10.3. The van der Waals surface area contributed by atoms with Crippen LogP contribution in [0.4, 0.5) is 0 Å². The van der Waals surface area contributed by atoms with Crippen molar-refractivity contribution >= 4 is 0 Å².